The second-order valence-corrected chi connectivity index (χ2v) is 9.88. The summed E-state index contributed by atoms with van der Waals surface area (Å²) < 4.78 is 11.4. The normalized spacial score (nSPS) is 16.3. The zero-order valence-corrected chi connectivity index (χ0v) is 20.0. The molecule has 0 aliphatic carbocycles. The topological polar surface area (TPSA) is 54.7 Å². The molecule has 1 aromatic heterocycles. The lowest BCUT2D eigenvalue weighted by molar-refractivity contribution is 0.0161. The number of nitrogens with zero attached hydrogens (tertiary/aromatic N) is 1. The van der Waals surface area contributed by atoms with E-state index in [1.165, 1.54) is 11.1 Å². The smallest absolute Gasteiger partial charge is 0.287 e. The van der Waals surface area contributed by atoms with Crippen LogP contribution in [0, 0.1) is 6.92 Å². The minimum Gasteiger partial charge on any atom is -0.451 e. The number of nitrogens with one attached hydrogen (secondary N) is 1. The fourth-order valence-electron chi connectivity index (χ4n) is 4.23. The molecular weight excluding hydrogens is 424 g/mol. The number of furan rings is 1. The maximum atomic E-state index is 13.0. The lowest BCUT2D eigenvalue weighted by atomic mass is 9.86. The van der Waals surface area contributed by atoms with Gasteiger partial charge in [-0.05, 0) is 41.7 Å². The van der Waals surface area contributed by atoms with E-state index < -0.39 is 0 Å². The van der Waals surface area contributed by atoms with E-state index >= 15 is 0 Å². The van der Waals surface area contributed by atoms with Gasteiger partial charge in [0, 0.05) is 35.6 Å². The number of morpholine rings is 1. The summed E-state index contributed by atoms with van der Waals surface area (Å²) in [6, 6.07) is 14.2. The number of hydrogen-bond donors (Lipinski definition) is 1. The third kappa shape index (κ3) is 4.85. The van der Waals surface area contributed by atoms with Gasteiger partial charge in [0.2, 0.25) is 0 Å². The van der Waals surface area contributed by atoms with E-state index in [1.54, 1.807) is 12.1 Å². The highest BCUT2D eigenvalue weighted by atomic mass is 35.5. The molecule has 1 aliphatic heterocycles. The van der Waals surface area contributed by atoms with Crippen molar-refractivity contribution in [3.63, 3.8) is 0 Å². The Morgan fingerprint density at radius 2 is 1.81 bits per heavy atom. The van der Waals surface area contributed by atoms with Gasteiger partial charge in [-0.1, -0.05) is 56.6 Å². The number of carbonyl (C=O) groups excluding carboxylic acids is 1. The first-order valence-corrected chi connectivity index (χ1v) is 11.5. The lowest BCUT2D eigenvalue weighted by Gasteiger charge is -2.35. The molecule has 0 unspecified atom stereocenters. The van der Waals surface area contributed by atoms with Gasteiger partial charge >= 0.3 is 0 Å². The average molecular weight is 455 g/mol. The second kappa shape index (κ2) is 9.26. The predicted octanol–water partition coefficient (Wildman–Crippen LogP) is 5.50. The van der Waals surface area contributed by atoms with E-state index in [0.717, 1.165) is 24.0 Å². The molecule has 6 heteroatoms. The fraction of sp³-hybridized carbons (Fsp3) is 0.423. The van der Waals surface area contributed by atoms with Crippen LogP contribution in [0.5, 0.6) is 0 Å². The van der Waals surface area contributed by atoms with Gasteiger partial charge in [-0.3, -0.25) is 9.69 Å². The highest BCUT2D eigenvalue weighted by Gasteiger charge is 2.25. The van der Waals surface area contributed by atoms with Crippen LogP contribution < -0.4 is 5.32 Å². The van der Waals surface area contributed by atoms with Gasteiger partial charge < -0.3 is 14.5 Å². The molecule has 1 aliphatic rings. The minimum atomic E-state index is -0.209. The standard InChI is InChI=1S/C26H31ClN2O3/c1-17-21-15-20(27)9-10-23(21)32-24(17)25(30)28-16-22(29-11-13-31-14-12-29)18-5-7-19(8-6-18)26(2,3)4/h5-10,15,22H,11-14,16H2,1-4H3,(H,28,30)/t22-/m0/s1. The third-order valence-electron chi connectivity index (χ3n) is 6.21. The number of hydrogen-bond acceptors (Lipinski definition) is 4. The van der Waals surface area contributed by atoms with Gasteiger partial charge in [0.1, 0.15) is 5.58 Å². The largest absolute Gasteiger partial charge is 0.451 e. The molecule has 3 aromatic rings. The second-order valence-electron chi connectivity index (χ2n) is 9.44. The number of rotatable bonds is 5. The minimum absolute atomic E-state index is 0.0657. The Hall–Kier alpha value is -2.34. The van der Waals surface area contributed by atoms with Gasteiger partial charge in [0.05, 0.1) is 19.3 Å². The molecule has 0 bridgehead atoms. The van der Waals surface area contributed by atoms with Crippen LogP contribution in [0.4, 0.5) is 0 Å². The highest BCUT2D eigenvalue weighted by Crippen LogP contribution is 2.29. The number of fused-ring (bicyclic) bond motifs is 1. The molecule has 2 heterocycles. The van der Waals surface area contributed by atoms with Crippen LogP contribution in [0.2, 0.25) is 5.02 Å². The number of carbonyl (C=O) groups is 1. The average Bonchev–Trinajstić information content (AvgIpc) is 3.10. The van der Waals surface area contributed by atoms with E-state index in [-0.39, 0.29) is 17.4 Å². The number of benzene rings is 2. The molecule has 4 rings (SSSR count). The Labute approximate surface area is 194 Å². The van der Waals surface area contributed by atoms with Crippen molar-refractivity contribution in [3.05, 3.63) is 69.9 Å². The summed E-state index contributed by atoms with van der Waals surface area (Å²) in [5.74, 6) is 0.130. The Morgan fingerprint density at radius 1 is 1.12 bits per heavy atom. The molecule has 1 fully saturated rings. The number of halogens is 1. The summed E-state index contributed by atoms with van der Waals surface area (Å²) in [6.07, 6.45) is 0. The number of amides is 1. The van der Waals surface area contributed by atoms with Gasteiger partial charge in [-0.25, -0.2) is 0 Å². The van der Waals surface area contributed by atoms with Crippen LogP contribution in [-0.4, -0.2) is 43.7 Å². The summed E-state index contributed by atoms with van der Waals surface area (Å²) in [7, 11) is 0. The van der Waals surface area contributed by atoms with Crippen molar-refractivity contribution in [3.8, 4) is 0 Å². The van der Waals surface area contributed by atoms with Crippen molar-refractivity contribution in [1.29, 1.82) is 0 Å². The Bertz CT molecular complexity index is 1090. The van der Waals surface area contributed by atoms with Crippen LogP contribution in [0.15, 0.2) is 46.9 Å². The van der Waals surface area contributed by atoms with Crippen LogP contribution in [0.25, 0.3) is 11.0 Å². The third-order valence-corrected chi connectivity index (χ3v) is 6.44. The summed E-state index contributed by atoms with van der Waals surface area (Å²) in [5.41, 5.74) is 4.05. The van der Waals surface area contributed by atoms with E-state index in [9.17, 15) is 4.79 Å². The quantitative estimate of drug-likeness (QED) is 0.553. The van der Waals surface area contributed by atoms with Crippen molar-refractivity contribution < 1.29 is 13.9 Å². The first-order chi connectivity index (χ1) is 15.2. The molecule has 32 heavy (non-hydrogen) atoms. The molecular formula is C26H31ClN2O3. The molecule has 0 radical (unpaired) electrons. The van der Waals surface area contributed by atoms with Crippen molar-refractivity contribution in [1.82, 2.24) is 10.2 Å². The zero-order chi connectivity index (χ0) is 22.9. The predicted molar refractivity (Wildman–Crippen MR) is 129 cm³/mol. The first kappa shape index (κ1) is 22.8. The van der Waals surface area contributed by atoms with E-state index in [0.29, 0.717) is 36.1 Å². The molecule has 1 atom stereocenters. The molecule has 1 amide bonds. The molecule has 1 saturated heterocycles. The van der Waals surface area contributed by atoms with Gasteiger partial charge in [0.25, 0.3) is 5.91 Å². The maximum absolute atomic E-state index is 13.0. The van der Waals surface area contributed by atoms with Crippen molar-refractivity contribution in [2.24, 2.45) is 0 Å². The molecule has 2 aromatic carbocycles. The SMILES string of the molecule is Cc1c(C(=O)NC[C@@H](c2ccc(C(C)(C)C)cc2)N2CCOCC2)oc2ccc(Cl)cc12. The monoisotopic (exact) mass is 454 g/mol. The summed E-state index contributed by atoms with van der Waals surface area (Å²) >= 11 is 6.12. The molecule has 1 N–H and O–H groups in total. The van der Waals surface area contributed by atoms with E-state index in [4.69, 9.17) is 20.8 Å². The van der Waals surface area contributed by atoms with Crippen LogP contribution in [0.3, 0.4) is 0 Å². The van der Waals surface area contributed by atoms with Crippen LogP contribution in [0.1, 0.15) is 54.1 Å². The Kier molecular flexibility index (Phi) is 6.61. The first-order valence-electron chi connectivity index (χ1n) is 11.1. The molecule has 5 nitrogen and oxygen atoms in total. The van der Waals surface area contributed by atoms with Gasteiger partial charge in [0.15, 0.2) is 5.76 Å². The lowest BCUT2D eigenvalue weighted by Crippen LogP contribution is -2.43. The fourth-order valence-corrected chi connectivity index (χ4v) is 4.40. The molecule has 170 valence electrons. The van der Waals surface area contributed by atoms with E-state index in [2.05, 4.69) is 55.3 Å². The Morgan fingerprint density at radius 3 is 2.47 bits per heavy atom. The van der Waals surface area contributed by atoms with Crippen molar-refractivity contribution >= 4 is 28.5 Å². The Balaban J connectivity index is 1.55. The van der Waals surface area contributed by atoms with Gasteiger partial charge in [-0.15, -0.1) is 0 Å². The van der Waals surface area contributed by atoms with Gasteiger partial charge in [-0.2, -0.15) is 0 Å². The maximum Gasteiger partial charge on any atom is 0.287 e. The van der Waals surface area contributed by atoms with Crippen molar-refractivity contribution in [2.75, 3.05) is 32.8 Å². The van der Waals surface area contributed by atoms with Crippen molar-refractivity contribution in [2.45, 2.75) is 39.2 Å². The van der Waals surface area contributed by atoms with Crippen LogP contribution in [-0.2, 0) is 10.2 Å². The molecule has 0 spiro atoms. The summed E-state index contributed by atoms with van der Waals surface area (Å²) in [5, 5.41) is 4.60. The zero-order valence-electron chi connectivity index (χ0n) is 19.2. The molecule has 0 saturated carbocycles. The number of aryl methyl sites for hydroxylation is 1. The highest BCUT2D eigenvalue weighted by molar-refractivity contribution is 6.31. The summed E-state index contributed by atoms with van der Waals surface area (Å²) in [6.45, 7) is 12.1. The number of ether oxygens (including phenoxy) is 1. The summed E-state index contributed by atoms with van der Waals surface area (Å²) in [4.78, 5) is 15.4. The van der Waals surface area contributed by atoms with E-state index in [1.807, 2.05) is 13.0 Å². The van der Waals surface area contributed by atoms with Crippen LogP contribution >= 0.6 is 11.6 Å².